The Balaban J connectivity index is 2.38. The highest BCUT2D eigenvalue weighted by molar-refractivity contribution is 5.47. The van der Waals surface area contributed by atoms with Gasteiger partial charge in [-0.3, -0.25) is 0 Å². The first-order chi connectivity index (χ1) is 16.1. The van der Waals surface area contributed by atoms with Crippen molar-refractivity contribution in [1.82, 2.24) is 0 Å². The third-order valence-electron chi connectivity index (χ3n) is 7.93. The molecular formula is C30H46O4. The summed E-state index contributed by atoms with van der Waals surface area (Å²) >= 11 is 0. The molecule has 190 valence electrons. The summed E-state index contributed by atoms with van der Waals surface area (Å²) in [5, 5.41) is 29.5. The summed E-state index contributed by atoms with van der Waals surface area (Å²) in [4.78, 5) is 0. The Bertz CT molecular complexity index is 912. The highest BCUT2D eigenvalue weighted by Crippen LogP contribution is 2.42. The molecule has 2 unspecified atom stereocenters. The number of benzene rings is 2. The largest absolute Gasteiger partial charge is 0.491 e. The lowest BCUT2D eigenvalue weighted by Crippen LogP contribution is -2.29. The van der Waals surface area contributed by atoms with Gasteiger partial charge in [-0.1, -0.05) is 65.0 Å². The van der Waals surface area contributed by atoms with Crippen molar-refractivity contribution in [2.75, 3.05) is 13.2 Å². The van der Waals surface area contributed by atoms with Crippen molar-refractivity contribution in [1.29, 1.82) is 0 Å². The van der Waals surface area contributed by atoms with Crippen LogP contribution in [0.3, 0.4) is 0 Å². The fourth-order valence-electron chi connectivity index (χ4n) is 5.33. The van der Waals surface area contributed by atoms with E-state index >= 15 is 0 Å². The van der Waals surface area contributed by atoms with E-state index in [9.17, 15) is 10.2 Å². The fourth-order valence-corrected chi connectivity index (χ4v) is 5.33. The first kappa shape index (κ1) is 28.4. The molecular weight excluding hydrogens is 424 g/mol. The molecule has 0 saturated carbocycles. The molecule has 0 radical (unpaired) electrons. The molecule has 0 fully saturated rings. The second kappa shape index (κ2) is 12.2. The highest BCUT2D eigenvalue weighted by atomic mass is 16.5. The van der Waals surface area contributed by atoms with Crippen LogP contribution in [0.1, 0.15) is 100 Å². The smallest absolute Gasteiger partial charge is 0.122 e. The summed E-state index contributed by atoms with van der Waals surface area (Å²) in [5.41, 5.74) is 5.49. The average molecular weight is 471 g/mol. The summed E-state index contributed by atoms with van der Waals surface area (Å²) in [7, 11) is 0. The molecule has 0 spiro atoms. The van der Waals surface area contributed by atoms with Crippen molar-refractivity contribution in [3.63, 3.8) is 0 Å². The van der Waals surface area contributed by atoms with Crippen molar-refractivity contribution in [3.8, 4) is 5.75 Å². The summed E-state index contributed by atoms with van der Waals surface area (Å²) < 4.78 is 5.72. The molecule has 0 aromatic heterocycles. The molecule has 0 heterocycles. The Kier molecular flexibility index (Phi) is 10.2. The van der Waals surface area contributed by atoms with E-state index in [1.807, 2.05) is 13.0 Å². The minimum absolute atomic E-state index is 0.0768. The lowest BCUT2D eigenvalue weighted by Gasteiger charge is -2.35. The lowest BCUT2D eigenvalue weighted by atomic mass is 9.69. The van der Waals surface area contributed by atoms with Gasteiger partial charge in [0.25, 0.3) is 0 Å². The van der Waals surface area contributed by atoms with Crippen LogP contribution < -0.4 is 4.74 Å². The van der Waals surface area contributed by atoms with Crippen molar-refractivity contribution in [3.05, 3.63) is 64.2 Å². The van der Waals surface area contributed by atoms with Crippen molar-refractivity contribution < 1.29 is 20.1 Å². The van der Waals surface area contributed by atoms with E-state index in [1.54, 1.807) is 0 Å². The molecule has 0 aliphatic carbocycles. The Morgan fingerprint density at radius 2 is 1.41 bits per heavy atom. The van der Waals surface area contributed by atoms with E-state index < -0.39 is 11.7 Å². The first-order valence-corrected chi connectivity index (χ1v) is 13.0. The predicted octanol–water partition coefficient (Wildman–Crippen LogP) is 6.19. The van der Waals surface area contributed by atoms with Crippen molar-refractivity contribution in [2.24, 2.45) is 0 Å². The summed E-state index contributed by atoms with van der Waals surface area (Å²) in [6.45, 7) is 14.8. The second-order valence-electron chi connectivity index (χ2n) is 10.0. The van der Waals surface area contributed by atoms with Crippen molar-refractivity contribution >= 4 is 0 Å². The molecule has 2 aromatic rings. The van der Waals surface area contributed by atoms with Crippen LogP contribution in [0.5, 0.6) is 5.75 Å². The maximum absolute atomic E-state index is 10.9. The molecule has 0 amide bonds. The number of hydrogen-bond donors (Lipinski definition) is 3. The van der Waals surface area contributed by atoms with Gasteiger partial charge in [0, 0.05) is 5.41 Å². The van der Waals surface area contributed by atoms with Crippen LogP contribution in [-0.2, 0) is 5.41 Å². The van der Waals surface area contributed by atoms with Gasteiger partial charge in [-0.15, -0.1) is 0 Å². The van der Waals surface area contributed by atoms with Gasteiger partial charge in [-0.25, -0.2) is 0 Å². The maximum atomic E-state index is 10.9. The maximum Gasteiger partial charge on any atom is 0.122 e. The van der Waals surface area contributed by atoms with Crippen LogP contribution in [0.15, 0.2) is 36.4 Å². The molecule has 2 atom stereocenters. The fraction of sp³-hybridized carbons (Fsp3) is 0.600. The number of aliphatic hydroxyl groups is 3. The summed E-state index contributed by atoms with van der Waals surface area (Å²) in [6.07, 6.45) is 3.41. The van der Waals surface area contributed by atoms with E-state index in [2.05, 4.69) is 71.9 Å². The van der Waals surface area contributed by atoms with Crippen LogP contribution >= 0.6 is 0 Å². The summed E-state index contributed by atoms with van der Waals surface area (Å²) in [5.74, 6) is 1.03. The predicted molar refractivity (Wildman–Crippen MR) is 141 cm³/mol. The Hall–Kier alpha value is -1.88. The molecule has 4 heteroatoms. The van der Waals surface area contributed by atoms with Gasteiger partial charge in [0.1, 0.15) is 18.5 Å². The average Bonchev–Trinajstić information content (AvgIpc) is 2.84. The van der Waals surface area contributed by atoms with Gasteiger partial charge in [-0.2, -0.15) is 0 Å². The van der Waals surface area contributed by atoms with Gasteiger partial charge in [-0.05, 0) is 85.8 Å². The number of aryl methyl sites for hydroxylation is 2. The Morgan fingerprint density at radius 3 is 1.88 bits per heavy atom. The van der Waals surface area contributed by atoms with Gasteiger partial charge in [0.05, 0.1) is 12.2 Å². The van der Waals surface area contributed by atoms with Crippen LogP contribution in [0.4, 0.5) is 0 Å². The van der Waals surface area contributed by atoms with Gasteiger partial charge >= 0.3 is 0 Å². The normalized spacial score (nSPS) is 14.2. The Labute approximate surface area is 207 Å². The monoisotopic (exact) mass is 470 g/mol. The standard InChI is InChI=1S/C30H46O4/c1-8-29(33,9-2)18-23(7)27-14-12-24(16-21(27)5)30(10-3,11-4)25-13-15-28(22(6)17-25)34-20-26(32)19-31/h12-17,23,26,31-33H,8-11,18-20H2,1-7H3. The molecule has 2 aromatic carbocycles. The molecule has 0 bridgehead atoms. The van der Waals surface area contributed by atoms with Gasteiger partial charge in [0.15, 0.2) is 0 Å². The summed E-state index contributed by atoms with van der Waals surface area (Å²) in [6, 6.07) is 13.2. The van der Waals surface area contributed by atoms with Gasteiger partial charge in [0.2, 0.25) is 0 Å². The van der Waals surface area contributed by atoms with E-state index in [0.29, 0.717) is 5.92 Å². The van der Waals surface area contributed by atoms with Gasteiger partial charge < -0.3 is 20.1 Å². The quantitative estimate of drug-likeness (QED) is 0.327. The number of rotatable bonds is 13. The van der Waals surface area contributed by atoms with Crippen LogP contribution in [0.2, 0.25) is 0 Å². The van der Waals surface area contributed by atoms with E-state index in [1.165, 1.54) is 22.3 Å². The minimum Gasteiger partial charge on any atom is -0.491 e. The Morgan fingerprint density at radius 1 is 0.853 bits per heavy atom. The third-order valence-corrected chi connectivity index (χ3v) is 7.93. The number of ether oxygens (including phenoxy) is 1. The van der Waals surface area contributed by atoms with Crippen LogP contribution in [-0.4, -0.2) is 40.2 Å². The minimum atomic E-state index is -0.876. The molecule has 3 N–H and O–H groups in total. The highest BCUT2D eigenvalue weighted by Gasteiger charge is 2.32. The zero-order chi connectivity index (χ0) is 25.5. The van der Waals surface area contributed by atoms with Crippen molar-refractivity contribution in [2.45, 2.75) is 104 Å². The third kappa shape index (κ3) is 6.21. The first-order valence-electron chi connectivity index (χ1n) is 13.0. The van der Waals surface area contributed by atoms with Crippen LogP contribution in [0, 0.1) is 13.8 Å². The number of aliphatic hydroxyl groups excluding tert-OH is 2. The van der Waals surface area contributed by atoms with E-state index in [0.717, 1.165) is 43.4 Å². The number of hydrogen-bond acceptors (Lipinski definition) is 4. The topological polar surface area (TPSA) is 69.9 Å². The van der Waals surface area contributed by atoms with E-state index in [4.69, 9.17) is 9.84 Å². The molecule has 4 nitrogen and oxygen atoms in total. The molecule has 34 heavy (non-hydrogen) atoms. The zero-order valence-electron chi connectivity index (χ0n) is 22.3. The van der Waals surface area contributed by atoms with Crippen LogP contribution in [0.25, 0.3) is 0 Å². The van der Waals surface area contributed by atoms with E-state index in [-0.39, 0.29) is 18.6 Å². The SMILES string of the molecule is CCC(O)(CC)CC(C)c1ccc(C(CC)(CC)c2ccc(OCC(O)CO)c(C)c2)cc1C. The zero-order valence-corrected chi connectivity index (χ0v) is 22.3. The molecule has 0 saturated heterocycles. The molecule has 2 rings (SSSR count). The lowest BCUT2D eigenvalue weighted by molar-refractivity contribution is 0.0181. The molecule has 0 aliphatic rings. The molecule has 0 aliphatic heterocycles. The second-order valence-corrected chi connectivity index (χ2v) is 10.0.